The Bertz CT molecular complexity index is 887. The highest BCUT2D eigenvalue weighted by atomic mass is 16.5. The van der Waals surface area contributed by atoms with Gasteiger partial charge in [-0.05, 0) is 33.4 Å². The van der Waals surface area contributed by atoms with Gasteiger partial charge in [-0.3, -0.25) is 4.79 Å². The predicted molar refractivity (Wildman–Crippen MR) is 96.8 cm³/mol. The van der Waals surface area contributed by atoms with Crippen LogP contribution in [0.5, 0.6) is 0 Å². The molecule has 2 heteroatoms. The Balaban J connectivity index is 1.93. The first-order valence-electron chi connectivity index (χ1n) is 8.62. The van der Waals surface area contributed by atoms with Crippen molar-refractivity contribution >= 4 is 5.97 Å². The highest BCUT2D eigenvalue weighted by Crippen LogP contribution is 2.60. The SMILES string of the molecule is COC(=O)CC12c3ccccc3C(c3ccccc31)c1ccccc12. The van der Waals surface area contributed by atoms with Crippen LogP contribution in [0, 0.1) is 0 Å². The van der Waals surface area contributed by atoms with Crippen molar-refractivity contribution in [3.05, 3.63) is 106 Å². The molecule has 2 nitrogen and oxygen atoms in total. The number of esters is 1. The molecule has 3 aliphatic carbocycles. The molecule has 0 spiro atoms. The monoisotopic (exact) mass is 326 g/mol. The van der Waals surface area contributed by atoms with Crippen LogP contribution in [-0.4, -0.2) is 13.1 Å². The van der Waals surface area contributed by atoms with Crippen LogP contribution in [0.1, 0.15) is 45.7 Å². The van der Waals surface area contributed by atoms with Gasteiger partial charge >= 0.3 is 5.97 Å². The molecule has 3 aliphatic rings. The van der Waals surface area contributed by atoms with E-state index in [1.54, 1.807) is 0 Å². The zero-order valence-electron chi connectivity index (χ0n) is 14.0. The van der Waals surface area contributed by atoms with E-state index in [4.69, 9.17) is 4.74 Å². The second-order valence-electron chi connectivity index (χ2n) is 6.85. The highest BCUT2D eigenvalue weighted by Gasteiger charge is 2.52. The van der Waals surface area contributed by atoms with Gasteiger partial charge in [0.15, 0.2) is 0 Å². The Morgan fingerprint density at radius 1 is 0.800 bits per heavy atom. The number of hydrogen-bond acceptors (Lipinski definition) is 2. The molecular formula is C23H18O2. The summed E-state index contributed by atoms with van der Waals surface area (Å²) in [6.45, 7) is 0. The smallest absolute Gasteiger partial charge is 0.307 e. The van der Waals surface area contributed by atoms with Crippen LogP contribution in [0.3, 0.4) is 0 Å². The minimum atomic E-state index is -0.467. The molecule has 2 bridgehead atoms. The molecule has 0 unspecified atom stereocenters. The normalized spacial score (nSPS) is 21.9. The van der Waals surface area contributed by atoms with Crippen molar-refractivity contribution in [2.75, 3.05) is 7.11 Å². The third kappa shape index (κ3) is 1.72. The molecule has 0 fully saturated rings. The lowest BCUT2D eigenvalue weighted by Crippen LogP contribution is -2.43. The fourth-order valence-electron chi connectivity index (χ4n) is 4.92. The standard InChI is InChI=1S/C23H18O2/c1-25-21(24)14-23-18-11-5-2-8-15(18)22(16-9-3-6-12-19(16)23)17-10-4-7-13-20(17)23/h2-13,22H,14H2,1H3. The predicted octanol–water partition coefficient (Wildman–Crippen LogP) is 4.39. The summed E-state index contributed by atoms with van der Waals surface area (Å²) in [5.74, 6) is 0.0582. The van der Waals surface area contributed by atoms with E-state index >= 15 is 0 Å². The molecule has 6 rings (SSSR count). The quantitative estimate of drug-likeness (QED) is 0.653. The third-order valence-corrected chi connectivity index (χ3v) is 5.83. The van der Waals surface area contributed by atoms with Crippen molar-refractivity contribution in [3.8, 4) is 0 Å². The zero-order chi connectivity index (χ0) is 17.0. The number of carbonyl (C=O) groups is 1. The van der Waals surface area contributed by atoms with Gasteiger partial charge in [0.05, 0.1) is 18.9 Å². The van der Waals surface area contributed by atoms with E-state index in [9.17, 15) is 4.79 Å². The number of methoxy groups -OCH3 is 1. The molecule has 122 valence electrons. The summed E-state index contributed by atoms with van der Waals surface area (Å²) in [7, 11) is 1.47. The van der Waals surface area contributed by atoms with Gasteiger partial charge in [-0.2, -0.15) is 0 Å². The van der Waals surface area contributed by atoms with Crippen molar-refractivity contribution in [1.29, 1.82) is 0 Å². The zero-order valence-corrected chi connectivity index (χ0v) is 14.0. The maximum Gasteiger partial charge on any atom is 0.307 e. The fourth-order valence-corrected chi connectivity index (χ4v) is 4.92. The van der Waals surface area contributed by atoms with E-state index in [2.05, 4.69) is 72.8 Å². The maximum absolute atomic E-state index is 12.5. The first-order chi connectivity index (χ1) is 12.3. The van der Waals surface area contributed by atoms with Crippen molar-refractivity contribution in [1.82, 2.24) is 0 Å². The Morgan fingerprint density at radius 2 is 1.20 bits per heavy atom. The average Bonchev–Trinajstić information content (AvgIpc) is 2.68. The average molecular weight is 326 g/mol. The number of hydrogen-bond donors (Lipinski definition) is 0. The molecule has 0 saturated carbocycles. The van der Waals surface area contributed by atoms with Crippen molar-refractivity contribution in [3.63, 3.8) is 0 Å². The summed E-state index contributed by atoms with van der Waals surface area (Å²) in [6, 6.07) is 25.7. The Kier molecular flexibility index (Phi) is 2.93. The lowest BCUT2D eigenvalue weighted by Gasteiger charge is -2.50. The molecule has 0 N–H and O–H groups in total. The molecule has 0 radical (unpaired) electrons. The summed E-state index contributed by atoms with van der Waals surface area (Å²) in [6.07, 6.45) is 0.321. The van der Waals surface area contributed by atoms with Gasteiger partial charge in [0.25, 0.3) is 0 Å². The largest absolute Gasteiger partial charge is 0.469 e. The van der Waals surface area contributed by atoms with Gasteiger partial charge in [0.2, 0.25) is 0 Å². The Morgan fingerprint density at radius 3 is 1.60 bits per heavy atom. The molecule has 25 heavy (non-hydrogen) atoms. The molecule has 0 aliphatic heterocycles. The minimum absolute atomic E-state index is 0.181. The summed E-state index contributed by atoms with van der Waals surface area (Å²) in [5.41, 5.74) is 7.18. The molecule has 0 saturated heterocycles. The fraction of sp³-hybridized carbons (Fsp3) is 0.174. The van der Waals surface area contributed by atoms with E-state index in [1.807, 2.05) is 0 Å². The number of rotatable bonds is 2. The summed E-state index contributed by atoms with van der Waals surface area (Å²) < 4.78 is 5.10. The summed E-state index contributed by atoms with van der Waals surface area (Å²) in [5, 5.41) is 0. The van der Waals surface area contributed by atoms with Gasteiger partial charge in [0.1, 0.15) is 0 Å². The number of benzene rings is 3. The van der Waals surface area contributed by atoms with Gasteiger partial charge in [-0.25, -0.2) is 0 Å². The Hall–Kier alpha value is -2.87. The summed E-state index contributed by atoms with van der Waals surface area (Å²) in [4.78, 5) is 12.5. The topological polar surface area (TPSA) is 26.3 Å². The molecule has 3 aromatic rings. The first kappa shape index (κ1) is 14.5. The van der Waals surface area contributed by atoms with Gasteiger partial charge < -0.3 is 4.74 Å². The number of carbonyl (C=O) groups excluding carboxylic acids is 1. The van der Waals surface area contributed by atoms with E-state index in [0.717, 1.165) is 0 Å². The van der Waals surface area contributed by atoms with Crippen LogP contribution in [0.15, 0.2) is 72.8 Å². The van der Waals surface area contributed by atoms with Gasteiger partial charge in [-0.15, -0.1) is 0 Å². The van der Waals surface area contributed by atoms with E-state index in [0.29, 0.717) is 6.42 Å². The lowest BCUT2D eigenvalue weighted by atomic mass is 9.52. The lowest BCUT2D eigenvalue weighted by molar-refractivity contribution is -0.141. The van der Waals surface area contributed by atoms with Crippen molar-refractivity contribution < 1.29 is 9.53 Å². The van der Waals surface area contributed by atoms with Crippen LogP contribution >= 0.6 is 0 Å². The van der Waals surface area contributed by atoms with Crippen LogP contribution in [0.2, 0.25) is 0 Å². The van der Waals surface area contributed by atoms with Crippen LogP contribution in [-0.2, 0) is 14.9 Å². The molecule has 3 aromatic carbocycles. The van der Waals surface area contributed by atoms with E-state index in [1.165, 1.54) is 40.5 Å². The first-order valence-corrected chi connectivity index (χ1v) is 8.62. The number of ether oxygens (including phenoxy) is 1. The van der Waals surface area contributed by atoms with Crippen molar-refractivity contribution in [2.24, 2.45) is 0 Å². The second-order valence-corrected chi connectivity index (χ2v) is 6.85. The molecule has 0 aromatic heterocycles. The molecule has 0 heterocycles. The van der Waals surface area contributed by atoms with Crippen LogP contribution < -0.4 is 0 Å². The van der Waals surface area contributed by atoms with Crippen LogP contribution in [0.4, 0.5) is 0 Å². The summed E-state index contributed by atoms with van der Waals surface area (Å²) >= 11 is 0. The third-order valence-electron chi connectivity index (χ3n) is 5.83. The van der Waals surface area contributed by atoms with E-state index < -0.39 is 5.41 Å². The van der Waals surface area contributed by atoms with Crippen LogP contribution in [0.25, 0.3) is 0 Å². The van der Waals surface area contributed by atoms with Gasteiger partial charge in [0, 0.05) is 5.92 Å². The van der Waals surface area contributed by atoms with Crippen molar-refractivity contribution in [2.45, 2.75) is 17.8 Å². The highest BCUT2D eigenvalue weighted by molar-refractivity contribution is 5.80. The minimum Gasteiger partial charge on any atom is -0.469 e. The maximum atomic E-state index is 12.5. The van der Waals surface area contributed by atoms with Gasteiger partial charge in [-0.1, -0.05) is 72.8 Å². The second kappa shape index (κ2) is 5.06. The molecular weight excluding hydrogens is 308 g/mol. The molecule has 0 amide bonds. The Labute approximate surface area is 147 Å². The van der Waals surface area contributed by atoms with E-state index in [-0.39, 0.29) is 11.9 Å². The molecule has 0 atom stereocenters.